The minimum absolute atomic E-state index is 0.404. The number of fused-ring (bicyclic) bond motifs is 1. The first-order chi connectivity index (χ1) is 6.20. The third kappa shape index (κ3) is 1.09. The highest BCUT2D eigenvalue weighted by molar-refractivity contribution is 5.97. The normalized spacial score (nSPS) is 10.5. The molecule has 0 saturated heterocycles. The summed E-state index contributed by atoms with van der Waals surface area (Å²) >= 11 is 0. The van der Waals surface area contributed by atoms with Gasteiger partial charge in [0.1, 0.15) is 5.69 Å². The van der Waals surface area contributed by atoms with Crippen molar-refractivity contribution in [3.8, 4) is 0 Å². The number of nitrogens with two attached hydrogens (primary N) is 1. The number of benzene rings is 1. The number of primary amides is 1. The molecule has 0 fully saturated rings. The lowest BCUT2D eigenvalue weighted by atomic mass is 10.2. The van der Waals surface area contributed by atoms with Gasteiger partial charge < -0.3 is 10.3 Å². The molecule has 0 bridgehead atoms. The van der Waals surface area contributed by atoms with Crippen molar-refractivity contribution in [2.45, 2.75) is 0 Å². The zero-order valence-corrected chi connectivity index (χ0v) is 7.24. The first kappa shape index (κ1) is 7.86. The standard InChI is InChI=1S/C10H9N2O/c1-12-8-5-3-2-4-7(8)6-9(12)10(11)13/h2,4-6H,1H3,(H2,11,13). The van der Waals surface area contributed by atoms with E-state index in [9.17, 15) is 4.79 Å². The molecule has 0 atom stereocenters. The van der Waals surface area contributed by atoms with E-state index in [0.717, 1.165) is 10.9 Å². The van der Waals surface area contributed by atoms with Crippen LogP contribution in [0.1, 0.15) is 10.5 Å². The Labute approximate surface area is 75.8 Å². The second-order valence-corrected chi connectivity index (χ2v) is 2.94. The lowest BCUT2D eigenvalue weighted by molar-refractivity contribution is 0.0993. The lowest BCUT2D eigenvalue weighted by Gasteiger charge is -1.98. The summed E-state index contributed by atoms with van der Waals surface area (Å²) < 4.78 is 1.77. The number of carbonyl (C=O) groups excluding carboxylic acids is 1. The largest absolute Gasteiger partial charge is 0.364 e. The maximum atomic E-state index is 11.0. The molecule has 13 heavy (non-hydrogen) atoms. The molecule has 0 saturated carbocycles. The smallest absolute Gasteiger partial charge is 0.265 e. The summed E-state index contributed by atoms with van der Waals surface area (Å²) in [6.07, 6.45) is 0. The van der Waals surface area contributed by atoms with E-state index in [1.807, 2.05) is 25.2 Å². The van der Waals surface area contributed by atoms with Crippen molar-refractivity contribution in [3.63, 3.8) is 0 Å². The molecule has 1 amide bonds. The Kier molecular flexibility index (Phi) is 1.59. The van der Waals surface area contributed by atoms with Gasteiger partial charge in [0.2, 0.25) is 0 Å². The number of hydrogen-bond acceptors (Lipinski definition) is 1. The Hall–Kier alpha value is -1.77. The van der Waals surface area contributed by atoms with E-state index < -0.39 is 5.91 Å². The number of hydrogen-bond donors (Lipinski definition) is 1. The Balaban J connectivity index is 2.81. The molecule has 2 N–H and O–H groups in total. The Bertz CT molecular complexity index is 471. The summed E-state index contributed by atoms with van der Waals surface area (Å²) in [5.41, 5.74) is 6.70. The predicted molar refractivity (Wildman–Crippen MR) is 50.3 cm³/mol. The van der Waals surface area contributed by atoms with Crippen LogP contribution in [-0.2, 0) is 7.05 Å². The number of rotatable bonds is 1. The van der Waals surface area contributed by atoms with E-state index in [2.05, 4.69) is 6.07 Å². The van der Waals surface area contributed by atoms with Crippen LogP contribution in [0.25, 0.3) is 10.9 Å². The molecule has 0 aliphatic carbocycles. The zero-order chi connectivity index (χ0) is 9.42. The third-order valence-electron chi connectivity index (χ3n) is 2.14. The fourth-order valence-corrected chi connectivity index (χ4v) is 1.46. The van der Waals surface area contributed by atoms with Crippen LogP contribution in [0.2, 0.25) is 0 Å². The van der Waals surface area contributed by atoms with Crippen molar-refractivity contribution in [2.24, 2.45) is 12.8 Å². The van der Waals surface area contributed by atoms with Gasteiger partial charge >= 0.3 is 0 Å². The van der Waals surface area contributed by atoms with Crippen LogP contribution in [0.4, 0.5) is 0 Å². The lowest BCUT2D eigenvalue weighted by Crippen LogP contribution is -2.14. The van der Waals surface area contributed by atoms with Crippen molar-refractivity contribution in [3.05, 3.63) is 36.0 Å². The number of aromatic nitrogens is 1. The van der Waals surface area contributed by atoms with Gasteiger partial charge in [-0.05, 0) is 18.2 Å². The van der Waals surface area contributed by atoms with Gasteiger partial charge in [-0.15, -0.1) is 0 Å². The molecule has 0 spiro atoms. The molecule has 3 heteroatoms. The summed E-state index contributed by atoms with van der Waals surface area (Å²) in [5, 5.41) is 1.01. The average Bonchev–Trinajstić information content (AvgIpc) is 2.45. The van der Waals surface area contributed by atoms with E-state index in [4.69, 9.17) is 5.73 Å². The van der Waals surface area contributed by atoms with E-state index in [-0.39, 0.29) is 0 Å². The van der Waals surface area contributed by atoms with Crippen LogP contribution in [0.5, 0.6) is 0 Å². The van der Waals surface area contributed by atoms with Crippen LogP contribution in [-0.4, -0.2) is 10.5 Å². The fourth-order valence-electron chi connectivity index (χ4n) is 1.46. The summed E-state index contributed by atoms with van der Waals surface area (Å²) in [5.74, 6) is -0.404. The van der Waals surface area contributed by atoms with Crippen LogP contribution in [0, 0.1) is 6.07 Å². The summed E-state index contributed by atoms with van der Waals surface area (Å²) in [7, 11) is 1.82. The van der Waals surface area contributed by atoms with Crippen LogP contribution in [0.3, 0.4) is 0 Å². The van der Waals surface area contributed by atoms with E-state index in [1.54, 1.807) is 10.6 Å². The molecule has 0 aliphatic rings. The molecular weight excluding hydrogens is 164 g/mol. The molecule has 65 valence electrons. The van der Waals surface area contributed by atoms with Gasteiger partial charge in [-0.3, -0.25) is 4.79 Å². The second-order valence-electron chi connectivity index (χ2n) is 2.94. The van der Waals surface area contributed by atoms with Gasteiger partial charge in [0, 0.05) is 18.0 Å². The molecule has 1 heterocycles. The minimum Gasteiger partial charge on any atom is -0.364 e. The van der Waals surface area contributed by atoms with Crippen LogP contribution < -0.4 is 5.73 Å². The van der Waals surface area contributed by atoms with Crippen molar-refractivity contribution in [1.29, 1.82) is 0 Å². The topological polar surface area (TPSA) is 48.0 Å². The highest BCUT2D eigenvalue weighted by atomic mass is 16.1. The highest BCUT2D eigenvalue weighted by Gasteiger charge is 2.08. The molecule has 2 aromatic rings. The van der Waals surface area contributed by atoms with Gasteiger partial charge in [-0.25, -0.2) is 0 Å². The van der Waals surface area contributed by atoms with E-state index in [1.165, 1.54) is 0 Å². The van der Waals surface area contributed by atoms with Gasteiger partial charge in [-0.2, -0.15) is 0 Å². The Morgan fingerprint density at radius 3 is 3.00 bits per heavy atom. The maximum Gasteiger partial charge on any atom is 0.265 e. The number of nitrogens with zero attached hydrogens (tertiary/aromatic N) is 1. The van der Waals surface area contributed by atoms with Crippen molar-refractivity contribution in [2.75, 3.05) is 0 Å². The minimum atomic E-state index is -0.404. The molecule has 1 aromatic heterocycles. The molecule has 1 radical (unpaired) electrons. The summed E-state index contributed by atoms with van der Waals surface area (Å²) in [4.78, 5) is 11.0. The zero-order valence-electron chi connectivity index (χ0n) is 7.24. The highest BCUT2D eigenvalue weighted by Crippen LogP contribution is 2.17. The van der Waals surface area contributed by atoms with Crippen molar-refractivity contribution < 1.29 is 4.79 Å². The second kappa shape index (κ2) is 2.62. The van der Waals surface area contributed by atoms with Crippen molar-refractivity contribution >= 4 is 16.8 Å². The van der Waals surface area contributed by atoms with Gasteiger partial charge in [0.25, 0.3) is 5.91 Å². The first-order valence-electron chi connectivity index (χ1n) is 3.95. The summed E-state index contributed by atoms with van der Waals surface area (Å²) in [6.45, 7) is 0. The van der Waals surface area contributed by atoms with Gasteiger partial charge in [0.05, 0.1) is 0 Å². The maximum absolute atomic E-state index is 11.0. The third-order valence-corrected chi connectivity index (χ3v) is 2.14. The van der Waals surface area contributed by atoms with E-state index in [0.29, 0.717) is 5.69 Å². The molecule has 2 rings (SSSR count). The van der Waals surface area contributed by atoms with E-state index >= 15 is 0 Å². The number of carbonyl (C=O) groups is 1. The fraction of sp³-hybridized carbons (Fsp3) is 0.100. The Morgan fingerprint density at radius 2 is 2.38 bits per heavy atom. The first-order valence-corrected chi connectivity index (χ1v) is 3.95. The van der Waals surface area contributed by atoms with Gasteiger partial charge in [-0.1, -0.05) is 12.1 Å². The molecule has 1 aromatic carbocycles. The van der Waals surface area contributed by atoms with Gasteiger partial charge in [0.15, 0.2) is 0 Å². The average molecular weight is 173 g/mol. The quantitative estimate of drug-likeness (QED) is 0.689. The molecule has 0 unspecified atom stereocenters. The monoisotopic (exact) mass is 173 g/mol. The predicted octanol–water partition coefficient (Wildman–Crippen LogP) is 1.08. The Morgan fingerprint density at radius 1 is 1.62 bits per heavy atom. The number of amides is 1. The molecule has 3 nitrogen and oxygen atoms in total. The van der Waals surface area contributed by atoms with Crippen LogP contribution >= 0.6 is 0 Å². The number of aryl methyl sites for hydroxylation is 1. The summed E-state index contributed by atoms with van der Waals surface area (Å²) in [6, 6.07) is 10.3. The van der Waals surface area contributed by atoms with Crippen molar-refractivity contribution in [1.82, 2.24) is 4.57 Å². The molecule has 0 aliphatic heterocycles. The SMILES string of the molecule is Cn1c(C(N)=O)cc2cc[c]cc21. The molecular formula is C10H9N2O. The van der Waals surface area contributed by atoms with Crippen LogP contribution in [0.15, 0.2) is 24.3 Å².